The van der Waals surface area contributed by atoms with E-state index in [0.29, 0.717) is 36.0 Å². The Hall–Kier alpha value is -2.44. The molecule has 0 aliphatic carbocycles. The number of anilines is 1. The molecule has 2 aromatic rings. The molecule has 6 nitrogen and oxygen atoms in total. The molecule has 0 fully saturated rings. The number of methoxy groups -OCH3 is 2. The van der Waals surface area contributed by atoms with Crippen LogP contribution in [0.5, 0.6) is 11.5 Å². The topological polar surface area (TPSA) is 54.0 Å². The van der Waals surface area contributed by atoms with E-state index in [2.05, 4.69) is 24.1 Å². The zero-order valence-electron chi connectivity index (χ0n) is 18.3. The maximum absolute atomic E-state index is 13.0. The molecule has 7 heteroatoms. The fraction of sp³-hybridized carbons (Fsp3) is 0.435. The van der Waals surface area contributed by atoms with Crippen molar-refractivity contribution in [1.29, 1.82) is 0 Å². The quantitative estimate of drug-likeness (QED) is 0.554. The number of rotatable bonds is 11. The number of nitrogens with one attached hydrogen (secondary N) is 1. The molecule has 0 saturated carbocycles. The second-order valence-electron chi connectivity index (χ2n) is 6.89. The first-order valence-electron chi connectivity index (χ1n) is 10.2. The average Bonchev–Trinajstić information content (AvgIpc) is 2.77. The number of urea groups is 1. The first-order chi connectivity index (χ1) is 14.5. The van der Waals surface area contributed by atoms with Crippen LogP contribution >= 0.6 is 11.6 Å². The van der Waals surface area contributed by atoms with Crippen LogP contribution in [0.15, 0.2) is 42.5 Å². The Bertz CT molecular complexity index is 795. The summed E-state index contributed by atoms with van der Waals surface area (Å²) in [5.41, 5.74) is 1.81. The summed E-state index contributed by atoms with van der Waals surface area (Å²) in [6.45, 7) is 8.24. The van der Waals surface area contributed by atoms with Gasteiger partial charge in [0.25, 0.3) is 0 Å². The number of ether oxygens (including phenoxy) is 2. The Labute approximate surface area is 184 Å². The maximum atomic E-state index is 13.0. The lowest BCUT2D eigenvalue weighted by atomic mass is 10.1. The number of halogens is 1. The van der Waals surface area contributed by atoms with Crippen LogP contribution in [0.4, 0.5) is 10.5 Å². The number of hydrogen-bond acceptors (Lipinski definition) is 4. The van der Waals surface area contributed by atoms with E-state index in [1.165, 1.54) is 0 Å². The fourth-order valence-electron chi connectivity index (χ4n) is 3.15. The summed E-state index contributed by atoms with van der Waals surface area (Å²) in [6.07, 6.45) is 0.715. The maximum Gasteiger partial charge on any atom is 0.321 e. The van der Waals surface area contributed by atoms with E-state index in [1.807, 2.05) is 23.1 Å². The molecule has 0 radical (unpaired) electrons. The monoisotopic (exact) mass is 433 g/mol. The van der Waals surface area contributed by atoms with Crippen molar-refractivity contribution in [2.75, 3.05) is 52.3 Å². The van der Waals surface area contributed by atoms with Crippen LogP contribution < -0.4 is 14.8 Å². The van der Waals surface area contributed by atoms with E-state index in [4.69, 9.17) is 21.1 Å². The summed E-state index contributed by atoms with van der Waals surface area (Å²) >= 11 is 5.94. The number of likely N-dealkylation sites (N-methyl/N-ethyl adjacent to an activating group) is 1. The van der Waals surface area contributed by atoms with Gasteiger partial charge in [-0.1, -0.05) is 31.5 Å². The smallest absolute Gasteiger partial charge is 0.321 e. The molecule has 0 aliphatic heterocycles. The van der Waals surface area contributed by atoms with Gasteiger partial charge in [0.1, 0.15) is 0 Å². The molecule has 2 rings (SSSR count). The average molecular weight is 434 g/mol. The van der Waals surface area contributed by atoms with Crippen molar-refractivity contribution in [2.24, 2.45) is 0 Å². The molecule has 0 aromatic heterocycles. The summed E-state index contributed by atoms with van der Waals surface area (Å²) in [6, 6.07) is 12.9. The molecule has 30 heavy (non-hydrogen) atoms. The number of hydrogen-bond donors (Lipinski definition) is 1. The lowest BCUT2D eigenvalue weighted by Crippen LogP contribution is -2.42. The zero-order valence-corrected chi connectivity index (χ0v) is 19.0. The molecule has 0 heterocycles. The van der Waals surface area contributed by atoms with Crippen LogP contribution in [-0.2, 0) is 6.42 Å². The molecule has 0 unspecified atom stereocenters. The van der Waals surface area contributed by atoms with Gasteiger partial charge in [-0.25, -0.2) is 4.79 Å². The van der Waals surface area contributed by atoms with Crippen molar-refractivity contribution in [3.05, 3.63) is 53.1 Å². The molecule has 164 valence electrons. The lowest BCUT2D eigenvalue weighted by molar-refractivity contribution is 0.198. The van der Waals surface area contributed by atoms with Crippen LogP contribution in [-0.4, -0.2) is 62.8 Å². The van der Waals surface area contributed by atoms with E-state index in [0.717, 1.165) is 30.9 Å². The van der Waals surface area contributed by atoms with Crippen LogP contribution in [0.3, 0.4) is 0 Å². The number of carbonyl (C=O) groups excluding carboxylic acids is 1. The predicted molar refractivity (Wildman–Crippen MR) is 123 cm³/mol. The minimum absolute atomic E-state index is 0.120. The third-order valence-electron chi connectivity index (χ3n) is 5.08. The Morgan fingerprint density at radius 1 is 0.933 bits per heavy atom. The molecule has 0 aliphatic rings. The summed E-state index contributed by atoms with van der Waals surface area (Å²) < 4.78 is 10.7. The van der Waals surface area contributed by atoms with Crippen molar-refractivity contribution < 1.29 is 14.3 Å². The van der Waals surface area contributed by atoms with Crippen LogP contribution in [0, 0.1) is 0 Å². The Kier molecular flexibility index (Phi) is 9.77. The van der Waals surface area contributed by atoms with Crippen LogP contribution in [0.1, 0.15) is 19.4 Å². The third kappa shape index (κ3) is 7.11. The van der Waals surface area contributed by atoms with E-state index >= 15 is 0 Å². The minimum atomic E-state index is -0.120. The highest BCUT2D eigenvalue weighted by atomic mass is 35.5. The van der Waals surface area contributed by atoms with E-state index in [1.54, 1.807) is 38.5 Å². The Balaban J connectivity index is 2.08. The number of benzene rings is 2. The molecule has 0 saturated heterocycles. The first kappa shape index (κ1) is 23.8. The second kappa shape index (κ2) is 12.3. The Morgan fingerprint density at radius 3 is 2.20 bits per heavy atom. The zero-order chi connectivity index (χ0) is 21.9. The van der Waals surface area contributed by atoms with Gasteiger partial charge in [0.05, 0.1) is 14.2 Å². The van der Waals surface area contributed by atoms with Gasteiger partial charge in [0, 0.05) is 30.3 Å². The van der Waals surface area contributed by atoms with E-state index in [-0.39, 0.29) is 6.03 Å². The number of nitrogens with zero attached hydrogens (tertiary/aromatic N) is 2. The second-order valence-corrected chi connectivity index (χ2v) is 7.33. The normalized spacial score (nSPS) is 10.7. The fourth-order valence-corrected chi connectivity index (χ4v) is 3.28. The largest absolute Gasteiger partial charge is 0.493 e. The van der Waals surface area contributed by atoms with Gasteiger partial charge in [-0.15, -0.1) is 0 Å². The Morgan fingerprint density at radius 2 is 1.60 bits per heavy atom. The molecule has 2 aromatic carbocycles. The van der Waals surface area contributed by atoms with E-state index < -0.39 is 0 Å². The molecule has 2 amide bonds. The minimum Gasteiger partial charge on any atom is -0.493 e. The van der Waals surface area contributed by atoms with Gasteiger partial charge in [0.2, 0.25) is 0 Å². The van der Waals surface area contributed by atoms with E-state index in [9.17, 15) is 4.79 Å². The standard InChI is InChI=1S/C23H32ClN3O3/c1-5-26(6-2)15-16-27(23(28)25-20-10-8-19(24)9-11-20)14-13-18-7-12-21(29-3)22(17-18)30-4/h7-12,17H,5-6,13-16H2,1-4H3,(H,25,28). The van der Waals surface area contributed by atoms with Crippen molar-refractivity contribution in [3.8, 4) is 11.5 Å². The lowest BCUT2D eigenvalue weighted by Gasteiger charge is -2.27. The first-order valence-corrected chi connectivity index (χ1v) is 10.6. The van der Waals surface area contributed by atoms with Gasteiger partial charge < -0.3 is 24.6 Å². The summed E-state index contributed by atoms with van der Waals surface area (Å²) in [7, 11) is 3.24. The van der Waals surface area contributed by atoms with Crippen molar-refractivity contribution in [1.82, 2.24) is 9.80 Å². The van der Waals surface area contributed by atoms with Gasteiger partial charge in [0.15, 0.2) is 11.5 Å². The molecule has 0 atom stereocenters. The molecule has 1 N–H and O–H groups in total. The predicted octanol–water partition coefficient (Wildman–Crippen LogP) is 4.78. The van der Waals surface area contributed by atoms with Gasteiger partial charge in [-0.2, -0.15) is 0 Å². The number of amides is 2. The summed E-state index contributed by atoms with van der Waals surface area (Å²) in [4.78, 5) is 17.1. The molecular formula is C23H32ClN3O3. The highest BCUT2D eigenvalue weighted by Gasteiger charge is 2.15. The van der Waals surface area contributed by atoms with Crippen molar-refractivity contribution >= 4 is 23.3 Å². The van der Waals surface area contributed by atoms with Crippen LogP contribution in [0.25, 0.3) is 0 Å². The molecule has 0 spiro atoms. The highest BCUT2D eigenvalue weighted by Crippen LogP contribution is 2.27. The van der Waals surface area contributed by atoms with Crippen molar-refractivity contribution in [2.45, 2.75) is 20.3 Å². The number of carbonyl (C=O) groups is 1. The van der Waals surface area contributed by atoms with Crippen molar-refractivity contribution in [3.63, 3.8) is 0 Å². The molecular weight excluding hydrogens is 402 g/mol. The summed E-state index contributed by atoms with van der Waals surface area (Å²) in [5, 5.41) is 3.61. The van der Waals surface area contributed by atoms with Crippen LogP contribution in [0.2, 0.25) is 5.02 Å². The van der Waals surface area contributed by atoms with Gasteiger partial charge >= 0.3 is 6.03 Å². The van der Waals surface area contributed by atoms with Gasteiger partial charge in [-0.3, -0.25) is 0 Å². The highest BCUT2D eigenvalue weighted by molar-refractivity contribution is 6.30. The third-order valence-corrected chi connectivity index (χ3v) is 5.33. The molecule has 0 bridgehead atoms. The summed E-state index contributed by atoms with van der Waals surface area (Å²) in [5.74, 6) is 1.38. The SMILES string of the molecule is CCN(CC)CCN(CCc1ccc(OC)c(OC)c1)C(=O)Nc1ccc(Cl)cc1. The van der Waals surface area contributed by atoms with Gasteiger partial charge in [-0.05, 0) is 61.5 Å².